The summed E-state index contributed by atoms with van der Waals surface area (Å²) in [5.74, 6) is 0.0483. The molecule has 3 aromatic carbocycles. The van der Waals surface area contributed by atoms with Crippen LogP contribution in [0, 0.1) is 16.7 Å². The van der Waals surface area contributed by atoms with E-state index in [9.17, 15) is 5.26 Å². The van der Waals surface area contributed by atoms with E-state index >= 15 is 0 Å². The minimum Gasteiger partial charge on any atom is -0.438 e. The van der Waals surface area contributed by atoms with Gasteiger partial charge in [0.25, 0.3) is 0 Å². The highest BCUT2D eigenvalue weighted by atomic mass is 16.3. The lowest BCUT2D eigenvalue weighted by atomic mass is 9.97. The molecule has 5 aromatic rings. The molecule has 5 rings (SSSR count). The molecule has 0 amide bonds. The Kier molecular flexibility index (Phi) is 3.04. The number of hydrogen-bond acceptors (Lipinski definition) is 7. The Balaban J connectivity index is 2.14. The molecule has 7 N–H and O–H groups in total. The molecule has 0 fully saturated rings. The van der Waals surface area contributed by atoms with Gasteiger partial charge in [-0.2, -0.15) is 5.26 Å². The van der Waals surface area contributed by atoms with Crippen molar-refractivity contribution in [2.75, 3.05) is 17.2 Å². The van der Waals surface area contributed by atoms with Gasteiger partial charge in [0.15, 0.2) is 0 Å². The summed E-state index contributed by atoms with van der Waals surface area (Å²) in [4.78, 5) is 4.34. The van der Waals surface area contributed by atoms with Crippen molar-refractivity contribution in [1.82, 2.24) is 4.98 Å². The van der Waals surface area contributed by atoms with E-state index in [1.807, 2.05) is 42.5 Å². The van der Waals surface area contributed by atoms with Gasteiger partial charge in [-0.15, -0.1) is 0 Å². The van der Waals surface area contributed by atoms with Crippen molar-refractivity contribution < 1.29 is 4.42 Å². The molecule has 0 unspecified atom stereocenters. The average molecular weight is 366 g/mol. The van der Waals surface area contributed by atoms with Gasteiger partial charge in [0.2, 0.25) is 5.55 Å². The third-order valence-electron chi connectivity index (χ3n) is 5.09. The lowest BCUT2D eigenvalue weighted by molar-refractivity contribution is 0.543. The SMILES string of the molecule is N#Cc1c(N)nc2cc3c(c(N)c2c1N)c(=N)oc1ccc2ccccc2c13. The summed E-state index contributed by atoms with van der Waals surface area (Å²) in [6.07, 6.45) is 0. The van der Waals surface area contributed by atoms with Crippen LogP contribution in [0.15, 0.2) is 46.9 Å². The van der Waals surface area contributed by atoms with Gasteiger partial charge in [-0.05, 0) is 22.9 Å². The normalized spacial score (nSPS) is 11.4. The fourth-order valence-electron chi connectivity index (χ4n) is 3.84. The fourth-order valence-corrected chi connectivity index (χ4v) is 3.84. The molecule has 0 saturated carbocycles. The van der Waals surface area contributed by atoms with E-state index in [4.69, 9.17) is 27.0 Å². The summed E-state index contributed by atoms with van der Waals surface area (Å²) < 4.78 is 5.77. The molecule has 0 spiro atoms. The van der Waals surface area contributed by atoms with Crippen molar-refractivity contribution in [2.24, 2.45) is 0 Å². The summed E-state index contributed by atoms with van der Waals surface area (Å²) >= 11 is 0. The second-order valence-electron chi connectivity index (χ2n) is 6.60. The first-order valence-electron chi connectivity index (χ1n) is 8.51. The van der Waals surface area contributed by atoms with Crippen molar-refractivity contribution in [3.05, 3.63) is 53.6 Å². The summed E-state index contributed by atoms with van der Waals surface area (Å²) in [5.41, 5.74) is 19.9. The predicted octanol–water partition coefficient (Wildman–Crippen LogP) is 3.39. The highest BCUT2D eigenvalue weighted by Gasteiger charge is 2.19. The number of nitrogen functional groups attached to an aromatic ring is 3. The maximum absolute atomic E-state index is 9.33. The topological polar surface area (TPSA) is 152 Å². The number of hydrogen-bond donors (Lipinski definition) is 4. The van der Waals surface area contributed by atoms with Gasteiger partial charge in [-0.3, -0.25) is 5.41 Å². The van der Waals surface area contributed by atoms with Crippen molar-refractivity contribution in [1.29, 1.82) is 10.7 Å². The molecule has 0 aliphatic heterocycles. The van der Waals surface area contributed by atoms with Crippen molar-refractivity contribution in [3.63, 3.8) is 0 Å². The lowest BCUT2D eigenvalue weighted by Gasteiger charge is -2.13. The van der Waals surface area contributed by atoms with Crippen LogP contribution in [-0.4, -0.2) is 4.98 Å². The molecule has 0 bridgehead atoms. The van der Waals surface area contributed by atoms with Crippen LogP contribution in [0.25, 0.3) is 43.4 Å². The molecular weight excluding hydrogens is 352 g/mol. The molecule has 0 radical (unpaired) electrons. The molecule has 28 heavy (non-hydrogen) atoms. The maximum atomic E-state index is 9.33. The number of nitrogens with one attached hydrogen (secondary N) is 1. The molecule has 2 heterocycles. The molecule has 7 nitrogen and oxygen atoms in total. The zero-order valence-electron chi connectivity index (χ0n) is 14.6. The largest absolute Gasteiger partial charge is 0.438 e. The average Bonchev–Trinajstić information content (AvgIpc) is 2.67. The van der Waals surface area contributed by atoms with Gasteiger partial charge in [-0.1, -0.05) is 30.3 Å². The Bertz CT molecular complexity index is 1580. The van der Waals surface area contributed by atoms with E-state index in [2.05, 4.69) is 4.98 Å². The van der Waals surface area contributed by atoms with Crippen LogP contribution >= 0.6 is 0 Å². The second kappa shape index (κ2) is 5.34. The van der Waals surface area contributed by atoms with E-state index in [1.165, 1.54) is 0 Å². The first-order chi connectivity index (χ1) is 13.5. The minimum absolute atomic E-state index is 0.0483. The van der Waals surface area contributed by atoms with Gasteiger partial charge in [0.1, 0.15) is 23.0 Å². The first kappa shape index (κ1) is 15.9. The number of anilines is 3. The van der Waals surface area contributed by atoms with Crippen LogP contribution in [0.4, 0.5) is 17.2 Å². The molecule has 0 aliphatic rings. The minimum atomic E-state index is -0.0769. The smallest absolute Gasteiger partial charge is 0.221 e. The third-order valence-corrected chi connectivity index (χ3v) is 5.09. The summed E-state index contributed by atoms with van der Waals surface area (Å²) in [6.45, 7) is 0. The number of aromatic nitrogens is 1. The number of fused-ring (bicyclic) bond motifs is 6. The zero-order chi connectivity index (χ0) is 19.6. The van der Waals surface area contributed by atoms with Crippen LogP contribution < -0.4 is 22.8 Å². The summed E-state index contributed by atoms with van der Waals surface area (Å²) in [5, 5.41) is 22.1. The van der Waals surface area contributed by atoms with Gasteiger partial charge in [0, 0.05) is 16.2 Å². The molecule has 0 atom stereocenters. The van der Waals surface area contributed by atoms with Crippen LogP contribution in [0.1, 0.15) is 5.56 Å². The van der Waals surface area contributed by atoms with Gasteiger partial charge in [0.05, 0.1) is 22.3 Å². The Morgan fingerprint density at radius 2 is 1.71 bits per heavy atom. The quantitative estimate of drug-likeness (QED) is 0.187. The highest BCUT2D eigenvalue weighted by Crippen LogP contribution is 2.39. The van der Waals surface area contributed by atoms with Crippen molar-refractivity contribution in [2.45, 2.75) is 0 Å². The predicted molar refractivity (Wildman–Crippen MR) is 110 cm³/mol. The monoisotopic (exact) mass is 366 g/mol. The Hall–Kier alpha value is -4.31. The van der Waals surface area contributed by atoms with Crippen LogP contribution in [-0.2, 0) is 0 Å². The second-order valence-corrected chi connectivity index (χ2v) is 6.60. The Morgan fingerprint density at radius 1 is 0.929 bits per heavy atom. The maximum Gasteiger partial charge on any atom is 0.221 e. The number of benzene rings is 3. The van der Waals surface area contributed by atoms with Crippen molar-refractivity contribution in [3.8, 4) is 6.07 Å². The lowest BCUT2D eigenvalue weighted by Crippen LogP contribution is -2.08. The van der Waals surface area contributed by atoms with Gasteiger partial charge in [-0.25, -0.2) is 4.98 Å². The number of pyridine rings is 1. The summed E-state index contributed by atoms with van der Waals surface area (Å²) in [7, 11) is 0. The molecule has 2 aromatic heterocycles. The van der Waals surface area contributed by atoms with E-state index in [0.717, 1.165) is 21.5 Å². The van der Waals surface area contributed by atoms with Crippen molar-refractivity contribution >= 4 is 60.6 Å². The van der Waals surface area contributed by atoms with Gasteiger partial charge < -0.3 is 21.6 Å². The first-order valence-corrected chi connectivity index (χ1v) is 8.51. The van der Waals surface area contributed by atoms with Crippen LogP contribution in [0.5, 0.6) is 0 Å². The Labute approximate surface area is 158 Å². The number of nitriles is 1. The number of nitrogens with zero attached hydrogens (tertiary/aromatic N) is 2. The molecule has 0 saturated heterocycles. The van der Waals surface area contributed by atoms with Crippen LogP contribution in [0.2, 0.25) is 0 Å². The molecule has 134 valence electrons. The fraction of sp³-hybridized carbons (Fsp3) is 0. The number of nitrogens with two attached hydrogens (primary N) is 3. The van der Waals surface area contributed by atoms with Gasteiger partial charge >= 0.3 is 0 Å². The summed E-state index contributed by atoms with van der Waals surface area (Å²) in [6, 6.07) is 15.5. The van der Waals surface area contributed by atoms with E-state index < -0.39 is 0 Å². The molecular formula is C21H14N6O. The highest BCUT2D eigenvalue weighted by molar-refractivity contribution is 6.24. The zero-order valence-corrected chi connectivity index (χ0v) is 14.6. The molecule has 0 aliphatic carbocycles. The van der Waals surface area contributed by atoms with E-state index in [-0.39, 0.29) is 28.3 Å². The van der Waals surface area contributed by atoms with Crippen LogP contribution in [0.3, 0.4) is 0 Å². The van der Waals surface area contributed by atoms with E-state index in [1.54, 1.807) is 6.07 Å². The number of rotatable bonds is 0. The van der Waals surface area contributed by atoms with E-state index in [0.29, 0.717) is 21.9 Å². The standard InChI is InChI=1S/C21H14N6O/c22-8-12-18(23)17-13(27-20(12)25)7-11-15-10-4-2-1-3-9(10)5-6-14(15)28-21(26)16(11)19(17)24/h1-7,26H,24H2,(H4,23,25,27). The Morgan fingerprint density at radius 3 is 2.50 bits per heavy atom. The molecule has 7 heteroatoms. The third kappa shape index (κ3) is 1.91.